The molecule has 0 N–H and O–H groups in total. The van der Waals surface area contributed by atoms with E-state index < -0.39 is 23.2 Å². The maximum absolute atomic E-state index is 14.0. The second-order valence-corrected chi connectivity index (χ2v) is 8.80. The van der Waals surface area contributed by atoms with E-state index in [0.717, 1.165) is 23.7 Å². The molecule has 1 aliphatic carbocycles. The number of rotatable bonds is 5. The lowest BCUT2D eigenvalue weighted by Crippen LogP contribution is -2.28. The van der Waals surface area contributed by atoms with Crippen LogP contribution in [0.2, 0.25) is 0 Å². The Hall–Kier alpha value is -2.15. The predicted molar refractivity (Wildman–Crippen MR) is 104 cm³/mol. The van der Waals surface area contributed by atoms with Gasteiger partial charge in [-0.2, -0.15) is 0 Å². The van der Waals surface area contributed by atoms with E-state index in [-0.39, 0.29) is 23.3 Å². The molecule has 3 rings (SSSR count). The molecule has 0 aliphatic heterocycles. The lowest BCUT2D eigenvalue weighted by molar-refractivity contribution is -0.155. The highest BCUT2D eigenvalue weighted by molar-refractivity contribution is 7.98. The number of fused-ring (bicyclic) bond motifs is 1. The van der Waals surface area contributed by atoms with Crippen LogP contribution < -0.4 is 5.43 Å². The molecular formula is C21H23F2NO3S. The summed E-state index contributed by atoms with van der Waals surface area (Å²) in [4.78, 5) is 24.9. The molecule has 0 saturated carbocycles. The number of halogens is 2. The van der Waals surface area contributed by atoms with Crippen molar-refractivity contribution in [3.63, 3.8) is 0 Å². The fourth-order valence-electron chi connectivity index (χ4n) is 3.31. The molecule has 0 spiro atoms. The van der Waals surface area contributed by atoms with Crippen LogP contribution in [0, 0.1) is 11.6 Å². The van der Waals surface area contributed by atoms with E-state index in [4.69, 9.17) is 4.74 Å². The molecule has 4 nitrogen and oxygen atoms in total. The molecule has 2 aromatic rings. The van der Waals surface area contributed by atoms with Crippen molar-refractivity contribution in [2.24, 2.45) is 0 Å². The average Bonchev–Trinajstić information content (AvgIpc) is 3.08. The fraction of sp³-hybridized carbons (Fsp3) is 0.429. The molecular weight excluding hydrogens is 384 g/mol. The molecule has 0 amide bonds. The molecule has 0 unspecified atom stereocenters. The Morgan fingerprint density at radius 2 is 2.00 bits per heavy atom. The third kappa shape index (κ3) is 4.63. The van der Waals surface area contributed by atoms with Gasteiger partial charge in [0, 0.05) is 28.6 Å². The molecule has 0 fully saturated rings. The summed E-state index contributed by atoms with van der Waals surface area (Å²) in [7, 11) is 0. The quantitative estimate of drug-likeness (QED) is 0.549. The molecule has 1 aromatic heterocycles. The van der Waals surface area contributed by atoms with Gasteiger partial charge in [0.1, 0.15) is 12.1 Å². The van der Waals surface area contributed by atoms with Gasteiger partial charge < -0.3 is 9.30 Å². The summed E-state index contributed by atoms with van der Waals surface area (Å²) in [6, 6.07) is 5.51. The number of hydrogen-bond donors (Lipinski definition) is 0. The molecule has 1 aliphatic rings. The van der Waals surface area contributed by atoms with Gasteiger partial charge in [-0.05, 0) is 46.1 Å². The first-order chi connectivity index (χ1) is 13.2. The third-order valence-corrected chi connectivity index (χ3v) is 5.54. The van der Waals surface area contributed by atoms with E-state index in [0.29, 0.717) is 17.9 Å². The molecule has 1 aromatic carbocycles. The highest BCUT2D eigenvalue weighted by Gasteiger charge is 2.24. The van der Waals surface area contributed by atoms with Gasteiger partial charge in [-0.3, -0.25) is 9.59 Å². The monoisotopic (exact) mass is 407 g/mol. The van der Waals surface area contributed by atoms with E-state index >= 15 is 0 Å². The Balaban J connectivity index is 1.91. The minimum atomic E-state index is -0.904. The van der Waals surface area contributed by atoms with Crippen LogP contribution in [0.1, 0.15) is 44.0 Å². The van der Waals surface area contributed by atoms with Crippen molar-refractivity contribution in [2.75, 3.05) is 0 Å². The number of thioether (sulfide) groups is 1. The first-order valence-corrected chi connectivity index (χ1v) is 10.2. The van der Waals surface area contributed by atoms with E-state index in [1.807, 2.05) is 0 Å². The number of nitrogens with zero attached hydrogens (tertiary/aromatic N) is 1. The van der Waals surface area contributed by atoms with Gasteiger partial charge in [0.05, 0.1) is 5.03 Å². The topological polar surface area (TPSA) is 48.3 Å². The summed E-state index contributed by atoms with van der Waals surface area (Å²) in [5.74, 6) is -2.05. The largest absolute Gasteiger partial charge is 0.459 e. The average molecular weight is 407 g/mol. The number of benzene rings is 1. The van der Waals surface area contributed by atoms with Gasteiger partial charge >= 0.3 is 5.97 Å². The van der Waals surface area contributed by atoms with E-state index in [9.17, 15) is 18.4 Å². The summed E-state index contributed by atoms with van der Waals surface area (Å²) >= 11 is 1.21. The minimum Gasteiger partial charge on any atom is -0.459 e. The van der Waals surface area contributed by atoms with Gasteiger partial charge in [-0.25, -0.2) is 8.78 Å². The molecule has 1 heterocycles. The lowest BCUT2D eigenvalue weighted by atomic mass is 10.2. The molecule has 28 heavy (non-hydrogen) atoms. The number of aromatic nitrogens is 1. The van der Waals surface area contributed by atoms with Crippen molar-refractivity contribution in [3.05, 3.63) is 62.9 Å². The van der Waals surface area contributed by atoms with Gasteiger partial charge in [-0.1, -0.05) is 12.1 Å². The zero-order valence-electron chi connectivity index (χ0n) is 16.2. The van der Waals surface area contributed by atoms with E-state index in [1.165, 1.54) is 30.0 Å². The Labute approximate surface area is 166 Å². The molecule has 150 valence electrons. The van der Waals surface area contributed by atoms with Crippen LogP contribution in [-0.4, -0.2) is 16.1 Å². The lowest BCUT2D eigenvalue weighted by Gasteiger charge is -2.22. The first-order valence-electron chi connectivity index (χ1n) is 9.19. The van der Waals surface area contributed by atoms with Crippen molar-refractivity contribution in [1.82, 2.24) is 4.57 Å². The summed E-state index contributed by atoms with van der Waals surface area (Å²) in [5, 5.41) is 0.556. The van der Waals surface area contributed by atoms with Crippen LogP contribution in [0.4, 0.5) is 8.78 Å². The van der Waals surface area contributed by atoms with E-state index in [2.05, 4.69) is 0 Å². The van der Waals surface area contributed by atoms with Gasteiger partial charge in [-0.15, -0.1) is 11.8 Å². The number of carbonyl (C=O) groups is 1. The molecule has 0 atom stereocenters. The number of pyridine rings is 1. The molecule has 0 saturated heterocycles. The zero-order valence-corrected chi connectivity index (χ0v) is 17.0. The van der Waals surface area contributed by atoms with E-state index in [1.54, 1.807) is 25.3 Å². The minimum absolute atomic E-state index is 0.0200. The zero-order chi connectivity index (χ0) is 20.5. The first kappa shape index (κ1) is 20.6. The van der Waals surface area contributed by atoms with Crippen molar-refractivity contribution in [2.45, 2.75) is 63.0 Å². The highest BCUT2D eigenvalue weighted by Crippen LogP contribution is 2.29. The fourth-order valence-corrected chi connectivity index (χ4v) is 4.36. The molecule has 0 radical (unpaired) electrons. The molecule has 7 heteroatoms. The molecule has 0 bridgehead atoms. The Kier molecular flexibility index (Phi) is 5.93. The maximum Gasteiger partial charge on any atom is 0.326 e. The smallest absolute Gasteiger partial charge is 0.326 e. The van der Waals surface area contributed by atoms with Gasteiger partial charge in [0.15, 0.2) is 17.1 Å². The van der Waals surface area contributed by atoms with Crippen molar-refractivity contribution >= 4 is 17.7 Å². The van der Waals surface area contributed by atoms with Gasteiger partial charge in [0.25, 0.3) is 0 Å². The van der Waals surface area contributed by atoms with Crippen LogP contribution in [-0.2, 0) is 34.7 Å². The Morgan fingerprint density at radius 3 is 2.71 bits per heavy atom. The van der Waals surface area contributed by atoms with Crippen molar-refractivity contribution in [3.8, 4) is 0 Å². The van der Waals surface area contributed by atoms with Crippen molar-refractivity contribution < 1.29 is 18.3 Å². The standard InChI is InChI=1S/C21H23F2NO3S/c1-21(2,3)27-19(26)11-24-16-9-5-7-14(16)17(25)10-18(24)28-12-13-6-4-8-15(22)20(13)23/h4,6,8,10H,5,7,9,11-12H2,1-3H3. The van der Waals surface area contributed by atoms with Crippen LogP contribution in [0.15, 0.2) is 34.1 Å². The SMILES string of the molecule is CC(C)(C)OC(=O)Cn1c(SCc2cccc(F)c2F)cc(=O)c2c1CCC2. The summed E-state index contributed by atoms with van der Waals surface area (Å²) in [6.07, 6.45) is 2.24. The van der Waals surface area contributed by atoms with Crippen LogP contribution in [0.5, 0.6) is 0 Å². The summed E-state index contributed by atoms with van der Waals surface area (Å²) < 4.78 is 34.6. The summed E-state index contributed by atoms with van der Waals surface area (Å²) in [6.45, 7) is 5.36. The van der Waals surface area contributed by atoms with Gasteiger partial charge in [0.2, 0.25) is 0 Å². The third-order valence-electron chi connectivity index (χ3n) is 4.45. The van der Waals surface area contributed by atoms with Crippen LogP contribution >= 0.6 is 11.8 Å². The second-order valence-electron chi connectivity index (χ2n) is 7.80. The Morgan fingerprint density at radius 1 is 1.25 bits per heavy atom. The second kappa shape index (κ2) is 8.07. The number of ether oxygens (including phenoxy) is 1. The number of carbonyl (C=O) groups excluding carboxylic acids is 1. The van der Waals surface area contributed by atoms with Crippen molar-refractivity contribution in [1.29, 1.82) is 0 Å². The van der Waals surface area contributed by atoms with Crippen LogP contribution in [0.25, 0.3) is 0 Å². The summed E-state index contributed by atoms with van der Waals surface area (Å²) in [5.41, 5.74) is 1.08. The maximum atomic E-state index is 14.0. The number of esters is 1. The normalized spacial score (nSPS) is 13.5. The highest BCUT2D eigenvalue weighted by atomic mass is 32.2. The van der Waals surface area contributed by atoms with Crippen LogP contribution in [0.3, 0.4) is 0 Å². The number of hydrogen-bond acceptors (Lipinski definition) is 4. The Bertz CT molecular complexity index is 963. The predicted octanol–water partition coefficient (Wildman–Crippen LogP) is 4.25.